The highest BCUT2D eigenvalue weighted by atomic mass is 16.5. The molecule has 4 N–H and O–H groups in total. The molecule has 5 heteroatoms. The van der Waals surface area contributed by atoms with Gasteiger partial charge in [-0.2, -0.15) is 0 Å². The predicted molar refractivity (Wildman–Crippen MR) is 63.5 cm³/mol. The van der Waals surface area contributed by atoms with E-state index >= 15 is 0 Å². The molecule has 1 aliphatic rings. The summed E-state index contributed by atoms with van der Waals surface area (Å²) in [7, 11) is 0. The van der Waals surface area contributed by atoms with Crippen LogP contribution >= 0.6 is 0 Å². The van der Waals surface area contributed by atoms with Gasteiger partial charge in [0.25, 0.3) is 5.91 Å². The van der Waals surface area contributed by atoms with Gasteiger partial charge in [0, 0.05) is 0 Å². The first-order valence-corrected chi connectivity index (χ1v) is 5.54. The number of anilines is 1. The molecule has 1 aromatic carbocycles. The summed E-state index contributed by atoms with van der Waals surface area (Å²) in [5.41, 5.74) is 5.78. The number of nitrogens with two attached hydrogens (primary N) is 1. The van der Waals surface area contributed by atoms with E-state index in [2.05, 4.69) is 5.32 Å². The van der Waals surface area contributed by atoms with Crippen LogP contribution in [0.25, 0.3) is 0 Å². The summed E-state index contributed by atoms with van der Waals surface area (Å²) in [5.74, 6) is 0.260. The fourth-order valence-corrected chi connectivity index (χ4v) is 1.56. The minimum absolute atomic E-state index is 0.0216. The van der Waals surface area contributed by atoms with E-state index in [1.165, 1.54) is 0 Å². The fraction of sp³-hybridized carbons (Fsp3) is 0.417. The van der Waals surface area contributed by atoms with Crippen LogP contribution in [-0.4, -0.2) is 29.8 Å². The van der Waals surface area contributed by atoms with Crippen LogP contribution in [0, 0.1) is 0 Å². The van der Waals surface area contributed by atoms with Crippen LogP contribution in [0.3, 0.4) is 0 Å². The Labute approximate surface area is 99.6 Å². The second-order valence-electron chi connectivity index (χ2n) is 4.31. The molecule has 0 bridgehead atoms. The molecule has 1 fully saturated rings. The van der Waals surface area contributed by atoms with Crippen molar-refractivity contribution in [3.8, 4) is 5.75 Å². The van der Waals surface area contributed by atoms with Crippen molar-refractivity contribution in [3.05, 3.63) is 24.3 Å². The number of ether oxygens (including phenoxy) is 1. The topological polar surface area (TPSA) is 84.6 Å². The number of nitrogen functional groups attached to an aromatic ring is 1. The summed E-state index contributed by atoms with van der Waals surface area (Å²) >= 11 is 0. The number of para-hydroxylation sites is 2. The van der Waals surface area contributed by atoms with Crippen molar-refractivity contribution >= 4 is 11.6 Å². The van der Waals surface area contributed by atoms with Gasteiger partial charge in [0.05, 0.1) is 17.8 Å². The van der Waals surface area contributed by atoms with Gasteiger partial charge in [-0.15, -0.1) is 0 Å². The highest BCUT2D eigenvalue weighted by Gasteiger charge is 2.43. The van der Waals surface area contributed by atoms with Gasteiger partial charge in [0.1, 0.15) is 5.75 Å². The number of amides is 1. The first-order valence-electron chi connectivity index (χ1n) is 5.54. The number of aliphatic hydroxyl groups excluding tert-OH is 1. The zero-order valence-corrected chi connectivity index (χ0v) is 9.48. The SMILES string of the molecule is Nc1ccccc1OCC(=O)NC1(CO)CC1. The van der Waals surface area contributed by atoms with Crippen molar-refractivity contribution in [2.24, 2.45) is 0 Å². The molecule has 2 rings (SSSR count). The molecular formula is C12H16N2O3. The van der Waals surface area contributed by atoms with E-state index in [1.807, 2.05) is 0 Å². The van der Waals surface area contributed by atoms with Gasteiger partial charge >= 0.3 is 0 Å². The minimum Gasteiger partial charge on any atom is -0.482 e. The van der Waals surface area contributed by atoms with E-state index in [1.54, 1.807) is 24.3 Å². The van der Waals surface area contributed by atoms with Gasteiger partial charge in [-0.3, -0.25) is 4.79 Å². The third-order valence-electron chi connectivity index (χ3n) is 2.84. The molecule has 92 valence electrons. The molecule has 17 heavy (non-hydrogen) atoms. The molecule has 0 saturated heterocycles. The first-order chi connectivity index (χ1) is 8.15. The molecule has 1 aliphatic carbocycles. The fourth-order valence-electron chi connectivity index (χ4n) is 1.56. The van der Waals surface area contributed by atoms with Crippen LogP contribution in [0.4, 0.5) is 5.69 Å². The zero-order chi connectivity index (χ0) is 12.3. The summed E-state index contributed by atoms with van der Waals surface area (Å²) in [5, 5.41) is 11.8. The molecule has 0 heterocycles. The zero-order valence-electron chi connectivity index (χ0n) is 9.48. The Morgan fingerprint density at radius 3 is 2.76 bits per heavy atom. The molecular weight excluding hydrogens is 220 g/mol. The third-order valence-corrected chi connectivity index (χ3v) is 2.84. The summed E-state index contributed by atoms with van der Waals surface area (Å²) in [6, 6.07) is 7.01. The summed E-state index contributed by atoms with van der Waals surface area (Å²) in [6.45, 7) is -0.109. The average Bonchev–Trinajstić information content (AvgIpc) is 3.08. The maximum atomic E-state index is 11.6. The number of benzene rings is 1. The van der Waals surface area contributed by atoms with E-state index in [0.29, 0.717) is 11.4 Å². The lowest BCUT2D eigenvalue weighted by molar-refractivity contribution is -0.124. The summed E-state index contributed by atoms with van der Waals surface area (Å²) in [6.07, 6.45) is 1.64. The molecule has 0 radical (unpaired) electrons. The van der Waals surface area contributed by atoms with E-state index in [4.69, 9.17) is 15.6 Å². The van der Waals surface area contributed by atoms with Crippen LogP contribution in [0.5, 0.6) is 5.75 Å². The average molecular weight is 236 g/mol. The number of aliphatic hydroxyl groups is 1. The summed E-state index contributed by atoms with van der Waals surface area (Å²) in [4.78, 5) is 11.6. The number of rotatable bonds is 5. The Balaban J connectivity index is 1.82. The second-order valence-corrected chi connectivity index (χ2v) is 4.31. The Hall–Kier alpha value is -1.75. The molecule has 1 aromatic rings. The monoisotopic (exact) mass is 236 g/mol. The lowest BCUT2D eigenvalue weighted by atomic mass is 10.3. The molecule has 5 nitrogen and oxygen atoms in total. The van der Waals surface area contributed by atoms with Crippen molar-refractivity contribution in [1.82, 2.24) is 5.32 Å². The summed E-state index contributed by atoms with van der Waals surface area (Å²) < 4.78 is 5.30. The normalized spacial score (nSPS) is 16.3. The lowest BCUT2D eigenvalue weighted by Gasteiger charge is -2.15. The number of carbonyl (C=O) groups excluding carboxylic acids is 1. The molecule has 0 aromatic heterocycles. The number of carbonyl (C=O) groups is 1. The quantitative estimate of drug-likeness (QED) is 0.641. The Bertz CT molecular complexity index is 416. The molecule has 0 aliphatic heterocycles. The van der Waals surface area contributed by atoms with Crippen LogP contribution in [-0.2, 0) is 4.79 Å². The van der Waals surface area contributed by atoms with Gasteiger partial charge in [-0.1, -0.05) is 12.1 Å². The maximum Gasteiger partial charge on any atom is 0.258 e. The van der Waals surface area contributed by atoms with E-state index < -0.39 is 5.54 Å². The molecule has 0 unspecified atom stereocenters. The van der Waals surface area contributed by atoms with Gasteiger partial charge in [0.15, 0.2) is 6.61 Å². The number of nitrogens with one attached hydrogen (secondary N) is 1. The van der Waals surface area contributed by atoms with Crippen molar-refractivity contribution in [1.29, 1.82) is 0 Å². The van der Waals surface area contributed by atoms with Crippen LogP contribution in [0.1, 0.15) is 12.8 Å². The highest BCUT2D eigenvalue weighted by Crippen LogP contribution is 2.34. The highest BCUT2D eigenvalue weighted by molar-refractivity contribution is 5.79. The molecule has 0 spiro atoms. The first kappa shape index (κ1) is 11.7. The van der Waals surface area contributed by atoms with Gasteiger partial charge < -0.3 is 20.9 Å². The van der Waals surface area contributed by atoms with Crippen LogP contribution in [0.2, 0.25) is 0 Å². The van der Waals surface area contributed by atoms with Crippen molar-refractivity contribution in [2.45, 2.75) is 18.4 Å². The van der Waals surface area contributed by atoms with Gasteiger partial charge in [-0.25, -0.2) is 0 Å². The standard InChI is InChI=1S/C12H16N2O3/c13-9-3-1-2-4-10(9)17-7-11(16)14-12(8-15)5-6-12/h1-4,15H,5-8,13H2,(H,14,16). The third kappa shape index (κ3) is 2.88. The Morgan fingerprint density at radius 1 is 1.47 bits per heavy atom. The van der Waals surface area contributed by atoms with E-state index in [9.17, 15) is 4.79 Å². The number of hydrogen-bond donors (Lipinski definition) is 3. The number of hydrogen-bond acceptors (Lipinski definition) is 4. The largest absolute Gasteiger partial charge is 0.482 e. The Morgan fingerprint density at radius 2 is 2.18 bits per heavy atom. The van der Waals surface area contributed by atoms with Crippen LogP contribution in [0.15, 0.2) is 24.3 Å². The maximum absolute atomic E-state index is 11.6. The van der Waals surface area contributed by atoms with Gasteiger partial charge in [-0.05, 0) is 25.0 Å². The van der Waals surface area contributed by atoms with Gasteiger partial charge in [0.2, 0.25) is 0 Å². The van der Waals surface area contributed by atoms with Crippen molar-refractivity contribution in [2.75, 3.05) is 18.9 Å². The molecule has 1 amide bonds. The van der Waals surface area contributed by atoms with Crippen LogP contribution < -0.4 is 15.8 Å². The van der Waals surface area contributed by atoms with Crippen molar-refractivity contribution < 1.29 is 14.6 Å². The van der Waals surface area contributed by atoms with E-state index in [-0.39, 0.29) is 19.1 Å². The van der Waals surface area contributed by atoms with E-state index in [0.717, 1.165) is 12.8 Å². The second kappa shape index (κ2) is 4.63. The smallest absolute Gasteiger partial charge is 0.258 e. The van der Waals surface area contributed by atoms with Crippen molar-refractivity contribution in [3.63, 3.8) is 0 Å². The molecule has 1 saturated carbocycles. The predicted octanol–water partition coefficient (Wildman–Crippen LogP) is 0.289. The lowest BCUT2D eigenvalue weighted by Crippen LogP contribution is -2.42. The molecule has 0 atom stereocenters. The Kier molecular flexibility index (Phi) is 3.19. The minimum atomic E-state index is -0.400.